The number of carbonyl (C=O) groups is 1. The van der Waals surface area contributed by atoms with E-state index in [0.717, 1.165) is 32.4 Å². The Morgan fingerprint density at radius 3 is 2.66 bits per heavy atom. The molecule has 1 aliphatic heterocycles. The highest BCUT2D eigenvalue weighted by Gasteiger charge is 2.42. The van der Waals surface area contributed by atoms with Crippen molar-refractivity contribution in [1.82, 2.24) is 19.9 Å². The molecule has 4 heterocycles. The Labute approximate surface area is 228 Å². The van der Waals surface area contributed by atoms with Gasteiger partial charge in [-0.2, -0.15) is 0 Å². The second-order valence-electron chi connectivity index (χ2n) is 8.79. The molecule has 0 aliphatic carbocycles. The SMILES string of the molecule is COCC(=O)Nc1ccc(N2C(=S)N[C@H](c3ccccn3)[C@@H]2c2cccn2-c2nc3ccccc3s2)cc1. The van der Waals surface area contributed by atoms with E-state index in [2.05, 4.69) is 37.2 Å². The summed E-state index contributed by atoms with van der Waals surface area (Å²) in [4.78, 5) is 23.6. The van der Waals surface area contributed by atoms with E-state index in [1.165, 1.54) is 7.11 Å². The molecule has 2 N–H and O–H groups in total. The van der Waals surface area contributed by atoms with E-state index >= 15 is 0 Å². The maximum atomic E-state index is 12.0. The van der Waals surface area contributed by atoms with Crippen LogP contribution in [-0.2, 0) is 9.53 Å². The van der Waals surface area contributed by atoms with Crippen molar-refractivity contribution in [2.75, 3.05) is 23.9 Å². The third kappa shape index (κ3) is 4.53. The lowest BCUT2D eigenvalue weighted by atomic mass is 10.0. The first-order valence-electron chi connectivity index (χ1n) is 12.0. The maximum Gasteiger partial charge on any atom is 0.250 e. The van der Waals surface area contributed by atoms with Gasteiger partial charge in [-0.1, -0.05) is 29.5 Å². The van der Waals surface area contributed by atoms with Gasteiger partial charge in [0, 0.05) is 30.9 Å². The van der Waals surface area contributed by atoms with Gasteiger partial charge in [0.2, 0.25) is 5.91 Å². The van der Waals surface area contributed by atoms with E-state index in [9.17, 15) is 4.79 Å². The normalized spacial score (nSPS) is 17.1. The minimum absolute atomic E-state index is 0.00152. The number of anilines is 2. The van der Waals surface area contributed by atoms with Gasteiger partial charge in [-0.25, -0.2) is 4.98 Å². The van der Waals surface area contributed by atoms with Crippen LogP contribution in [0.15, 0.2) is 91.3 Å². The first-order valence-corrected chi connectivity index (χ1v) is 13.3. The second-order valence-corrected chi connectivity index (χ2v) is 10.2. The van der Waals surface area contributed by atoms with Gasteiger partial charge in [0.25, 0.3) is 0 Å². The van der Waals surface area contributed by atoms with Gasteiger partial charge < -0.3 is 20.3 Å². The minimum Gasteiger partial charge on any atom is -0.375 e. The number of carbonyl (C=O) groups excluding carboxylic acids is 1. The Bertz CT molecular complexity index is 1570. The molecule has 0 radical (unpaired) electrons. The lowest BCUT2D eigenvalue weighted by molar-refractivity contribution is -0.119. The second kappa shape index (κ2) is 10.3. The van der Waals surface area contributed by atoms with Gasteiger partial charge in [-0.15, -0.1) is 0 Å². The molecule has 3 aromatic heterocycles. The summed E-state index contributed by atoms with van der Waals surface area (Å²) in [5.41, 5.74) is 4.47. The van der Waals surface area contributed by atoms with Crippen LogP contribution in [0.3, 0.4) is 0 Å². The van der Waals surface area contributed by atoms with Crippen LogP contribution >= 0.6 is 23.6 Å². The molecule has 8 nitrogen and oxygen atoms in total. The summed E-state index contributed by atoms with van der Waals surface area (Å²) >= 11 is 7.53. The first kappa shape index (κ1) is 24.2. The molecule has 2 aromatic carbocycles. The molecule has 1 aliphatic rings. The number of nitrogens with one attached hydrogen (secondary N) is 2. The molecule has 0 saturated carbocycles. The van der Waals surface area contributed by atoms with Crippen molar-refractivity contribution < 1.29 is 9.53 Å². The highest BCUT2D eigenvalue weighted by Crippen LogP contribution is 2.43. The third-order valence-electron chi connectivity index (χ3n) is 6.37. The predicted octanol–water partition coefficient (Wildman–Crippen LogP) is 5.24. The summed E-state index contributed by atoms with van der Waals surface area (Å²) < 4.78 is 8.18. The fraction of sp³-hybridized carbons (Fsp3) is 0.143. The highest BCUT2D eigenvalue weighted by molar-refractivity contribution is 7.80. The van der Waals surface area contributed by atoms with Gasteiger partial charge in [0.05, 0.1) is 27.6 Å². The monoisotopic (exact) mass is 540 g/mol. The molecule has 0 unspecified atom stereocenters. The van der Waals surface area contributed by atoms with Crippen molar-refractivity contribution in [3.63, 3.8) is 0 Å². The van der Waals surface area contributed by atoms with Gasteiger partial charge in [-0.05, 0) is 72.9 Å². The Kier molecular flexibility index (Phi) is 6.59. The Hall–Kier alpha value is -4.12. The number of hydrogen-bond acceptors (Lipinski definition) is 6. The Morgan fingerprint density at radius 2 is 1.89 bits per heavy atom. The van der Waals surface area contributed by atoms with Crippen molar-refractivity contribution in [1.29, 1.82) is 0 Å². The quantitative estimate of drug-likeness (QED) is 0.273. The number of benzene rings is 2. The number of hydrogen-bond donors (Lipinski definition) is 2. The molecule has 5 aromatic rings. The lowest BCUT2D eigenvalue weighted by Gasteiger charge is -2.28. The van der Waals surface area contributed by atoms with E-state index in [4.69, 9.17) is 21.9 Å². The maximum absolute atomic E-state index is 12.0. The minimum atomic E-state index is -0.208. The number of rotatable bonds is 7. The fourth-order valence-electron chi connectivity index (χ4n) is 4.74. The molecule has 6 rings (SSSR count). The van der Waals surface area contributed by atoms with Crippen molar-refractivity contribution in [2.45, 2.75) is 12.1 Å². The van der Waals surface area contributed by atoms with Crippen LogP contribution in [0, 0.1) is 0 Å². The number of nitrogens with zero attached hydrogens (tertiary/aromatic N) is 4. The first-order chi connectivity index (χ1) is 18.6. The zero-order chi connectivity index (χ0) is 26.1. The summed E-state index contributed by atoms with van der Waals surface area (Å²) in [7, 11) is 1.49. The standard InChI is InChI=1S/C28H24N6O2S2/c1-36-17-24(35)30-18-11-13-19(14-12-18)34-26(25(32-27(34)37)21-8-4-5-15-29-21)22-9-6-16-33(22)28-31-20-7-2-3-10-23(20)38-28/h2-16,25-26H,17H2,1H3,(H,30,35)(H,32,37)/t25-,26+/m1/s1. The number of amides is 1. The summed E-state index contributed by atoms with van der Waals surface area (Å²) in [5.74, 6) is -0.208. The average Bonchev–Trinajstić information content (AvgIpc) is 3.66. The summed E-state index contributed by atoms with van der Waals surface area (Å²) in [6, 6.07) is 25.4. The molecular weight excluding hydrogens is 516 g/mol. The van der Waals surface area contributed by atoms with Crippen LogP contribution in [-0.4, -0.2) is 39.3 Å². The zero-order valence-corrected chi connectivity index (χ0v) is 22.1. The van der Waals surface area contributed by atoms with Crippen LogP contribution in [0.2, 0.25) is 0 Å². The van der Waals surface area contributed by atoms with Gasteiger partial charge >= 0.3 is 0 Å². The summed E-state index contributed by atoms with van der Waals surface area (Å²) in [6.45, 7) is -0.00152. The van der Waals surface area contributed by atoms with Crippen molar-refractivity contribution in [2.24, 2.45) is 0 Å². The van der Waals surface area contributed by atoms with E-state index in [1.54, 1.807) is 17.5 Å². The number of aromatic nitrogens is 3. The van der Waals surface area contributed by atoms with Crippen LogP contribution < -0.4 is 15.5 Å². The van der Waals surface area contributed by atoms with Crippen LogP contribution in [0.25, 0.3) is 15.3 Å². The number of thiocarbonyl (C=S) groups is 1. The number of pyridine rings is 1. The third-order valence-corrected chi connectivity index (χ3v) is 7.73. The molecular formula is C28H24N6O2S2. The fourth-order valence-corrected chi connectivity index (χ4v) is 6.06. The van der Waals surface area contributed by atoms with Crippen molar-refractivity contribution in [3.05, 3.63) is 103 Å². The number of para-hydroxylation sites is 1. The molecule has 2 atom stereocenters. The number of thiazole rings is 1. The molecule has 38 heavy (non-hydrogen) atoms. The average molecular weight is 541 g/mol. The highest BCUT2D eigenvalue weighted by atomic mass is 32.1. The van der Waals surface area contributed by atoms with Crippen LogP contribution in [0.1, 0.15) is 23.5 Å². The summed E-state index contributed by atoms with van der Waals surface area (Å²) in [6.07, 6.45) is 3.83. The summed E-state index contributed by atoms with van der Waals surface area (Å²) in [5, 5.41) is 7.83. The molecule has 190 valence electrons. The Balaban J connectivity index is 1.42. The predicted molar refractivity (Wildman–Crippen MR) is 154 cm³/mol. The van der Waals surface area contributed by atoms with Crippen LogP contribution in [0.4, 0.5) is 11.4 Å². The largest absolute Gasteiger partial charge is 0.375 e. The van der Waals surface area contributed by atoms with Crippen molar-refractivity contribution in [3.8, 4) is 5.13 Å². The zero-order valence-electron chi connectivity index (χ0n) is 20.4. The van der Waals surface area contributed by atoms with E-state index in [1.807, 2.05) is 72.9 Å². The topological polar surface area (TPSA) is 84.3 Å². The Morgan fingerprint density at radius 1 is 1.08 bits per heavy atom. The molecule has 1 amide bonds. The number of ether oxygens (including phenoxy) is 1. The van der Waals surface area contributed by atoms with Gasteiger partial charge in [0.1, 0.15) is 12.6 Å². The lowest BCUT2D eigenvalue weighted by Crippen LogP contribution is -2.30. The molecule has 1 fully saturated rings. The molecule has 1 saturated heterocycles. The van der Waals surface area contributed by atoms with Crippen molar-refractivity contribution >= 4 is 56.2 Å². The molecule has 10 heteroatoms. The van der Waals surface area contributed by atoms with E-state index in [-0.39, 0.29) is 24.6 Å². The number of methoxy groups -OCH3 is 1. The smallest absolute Gasteiger partial charge is 0.250 e. The number of fused-ring (bicyclic) bond motifs is 1. The molecule has 0 bridgehead atoms. The van der Waals surface area contributed by atoms with E-state index in [0.29, 0.717) is 10.8 Å². The van der Waals surface area contributed by atoms with Gasteiger partial charge in [-0.3, -0.25) is 14.3 Å². The van der Waals surface area contributed by atoms with E-state index < -0.39 is 0 Å². The van der Waals surface area contributed by atoms with Crippen LogP contribution in [0.5, 0.6) is 0 Å². The molecule has 0 spiro atoms. The van der Waals surface area contributed by atoms with Gasteiger partial charge in [0.15, 0.2) is 10.2 Å².